The standard InChI is InChI=1S/C17H17N3O5/c1-2-12-7-3-6-10-15(12)25-11-16(21)18-19-17(22)13-8-4-5-9-14(13)20(23)24/h3-10H,2,11H2,1H3,(H,18,21)(H,19,22). The lowest BCUT2D eigenvalue weighted by atomic mass is 10.1. The minimum atomic E-state index is -0.783. The molecular weight excluding hydrogens is 326 g/mol. The Morgan fingerprint density at radius 3 is 2.48 bits per heavy atom. The highest BCUT2D eigenvalue weighted by molar-refractivity contribution is 5.99. The zero-order valence-electron chi connectivity index (χ0n) is 13.5. The van der Waals surface area contributed by atoms with Gasteiger partial charge >= 0.3 is 0 Å². The third-order valence-electron chi connectivity index (χ3n) is 3.37. The van der Waals surface area contributed by atoms with Gasteiger partial charge in [-0.05, 0) is 24.1 Å². The van der Waals surface area contributed by atoms with Crippen molar-refractivity contribution >= 4 is 17.5 Å². The van der Waals surface area contributed by atoms with Gasteiger partial charge in [-0.1, -0.05) is 37.3 Å². The maximum atomic E-state index is 12.0. The van der Waals surface area contributed by atoms with E-state index in [0.717, 1.165) is 12.0 Å². The highest BCUT2D eigenvalue weighted by Gasteiger charge is 2.19. The molecule has 130 valence electrons. The highest BCUT2D eigenvalue weighted by atomic mass is 16.6. The summed E-state index contributed by atoms with van der Waals surface area (Å²) in [5.74, 6) is -0.780. The summed E-state index contributed by atoms with van der Waals surface area (Å²) in [6, 6.07) is 12.8. The van der Waals surface area contributed by atoms with Crippen molar-refractivity contribution in [2.45, 2.75) is 13.3 Å². The number of carbonyl (C=O) groups is 2. The second kappa shape index (κ2) is 8.44. The van der Waals surface area contributed by atoms with Crippen molar-refractivity contribution in [3.05, 3.63) is 69.8 Å². The first-order valence-electron chi connectivity index (χ1n) is 7.56. The van der Waals surface area contributed by atoms with Crippen LogP contribution in [0.2, 0.25) is 0 Å². The van der Waals surface area contributed by atoms with Crippen LogP contribution in [-0.4, -0.2) is 23.3 Å². The monoisotopic (exact) mass is 343 g/mol. The summed E-state index contributed by atoms with van der Waals surface area (Å²) in [6.07, 6.45) is 0.756. The molecule has 0 spiro atoms. The number of hydrogen-bond acceptors (Lipinski definition) is 5. The maximum absolute atomic E-state index is 12.0. The molecule has 0 aliphatic heterocycles. The van der Waals surface area contributed by atoms with Crippen LogP contribution in [0.3, 0.4) is 0 Å². The molecule has 0 saturated carbocycles. The van der Waals surface area contributed by atoms with Crippen molar-refractivity contribution in [2.24, 2.45) is 0 Å². The molecular formula is C17H17N3O5. The first-order chi connectivity index (χ1) is 12.0. The van der Waals surface area contributed by atoms with Gasteiger partial charge < -0.3 is 4.74 Å². The largest absolute Gasteiger partial charge is 0.483 e. The van der Waals surface area contributed by atoms with E-state index in [2.05, 4.69) is 10.9 Å². The van der Waals surface area contributed by atoms with Crippen LogP contribution in [0.5, 0.6) is 5.75 Å². The SMILES string of the molecule is CCc1ccccc1OCC(=O)NNC(=O)c1ccccc1[N+](=O)[O-]. The normalized spacial score (nSPS) is 9.96. The number of ether oxygens (including phenoxy) is 1. The van der Waals surface area contributed by atoms with E-state index < -0.39 is 16.7 Å². The summed E-state index contributed by atoms with van der Waals surface area (Å²) in [5, 5.41) is 10.9. The number of benzene rings is 2. The van der Waals surface area contributed by atoms with E-state index in [-0.39, 0.29) is 17.9 Å². The van der Waals surface area contributed by atoms with E-state index in [0.29, 0.717) is 5.75 Å². The molecule has 2 N–H and O–H groups in total. The van der Waals surface area contributed by atoms with Gasteiger partial charge in [0.1, 0.15) is 11.3 Å². The first kappa shape index (κ1) is 17.9. The Hall–Kier alpha value is -3.42. The van der Waals surface area contributed by atoms with E-state index in [4.69, 9.17) is 4.74 Å². The van der Waals surface area contributed by atoms with Crippen LogP contribution >= 0.6 is 0 Å². The summed E-state index contributed by atoms with van der Waals surface area (Å²) in [7, 11) is 0. The molecule has 0 fully saturated rings. The lowest BCUT2D eigenvalue weighted by Gasteiger charge is -2.11. The Morgan fingerprint density at radius 2 is 1.76 bits per heavy atom. The van der Waals surface area contributed by atoms with Gasteiger partial charge in [0.05, 0.1) is 4.92 Å². The molecule has 0 radical (unpaired) electrons. The number of nitro benzene ring substituents is 1. The summed E-state index contributed by atoms with van der Waals surface area (Å²) in [6.45, 7) is 1.67. The van der Waals surface area contributed by atoms with Gasteiger partial charge in [0, 0.05) is 6.07 Å². The average Bonchev–Trinajstić information content (AvgIpc) is 2.64. The molecule has 0 aliphatic rings. The fourth-order valence-electron chi connectivity index (χ4n) is 2.13. The van der Waals surface area contributed by atoms with E-state index in [1.165, 1.54) is 24.3 Å². The van der Waals surface area contributed by atoms with Crippen molar-refractivity contribution in [1.29, 1.82) is 0 Å². The number of carbonyl (C=O) groups excluding carboxylic acids is 2. The van der Waals surface area contributed by atoms with E-state index >= 15 is 0 Å². The minimum absolute atomic E-state index is 0.148. The summed E-state index contributed by atoms with van der Waals surface area (Å²) >= 11 is 0. The van der Waals surface area contributed by atoms with Crippen LogP contribution in [0.4, 0.5) is 5.69 Å². The number of rotatable bonds is 6. The van der Waals surface area contributed by atoms with Gasteiger partial charge in [-0.2, -0.15) is 0 Å². The number of amides is 2. The van der Waals surface area contributed by atoms with Crippen LogP contribution in [0, 0.1) is 10.1 Å². The van der Waals surface area contributed by atoms with Crippen LogP contribution in [0.25, 0.3) is 0 Å². The van der Waals surface area contributed by atoms with Crippen LogP contribution in [0.1, 0.15) is 22.8 Å². The van der Waals surface area contributed by atoms with Gasteiger partial charge in [-0.25, -0.2) is 0 Å². The highest BCUT2D eigenvalue weighted by Crippen LogP contribution is 2.18. The topological polar surface area (TPSA) is 111 Å². The number of para-hydroxylation sites is 2. The Kier molecular flexibility index (Phi) is 6.05. The molecule has 0 unspecified atom stereocenters. The first-order valence-corrected chi connectivity index (χ1v) is 7.56. The number of nitrogens with one attached hydrogen (secondary N) is 2. The zero-order chi connectivity index (χ0) is 18.2. The Morgan fingerprint density at radius 1 is 1.08 bits per heavy atom. The van der Waals surface area contributed by atoms with Crippen molar-refractivity contribution < 1.29 is 19.2 Å². The lowest BCUT2D eigenvalue weighted by Crippen LogP contribution is -2.44. The third kappa shape index (κ3) is 4.77. The van der Waals surface area contributed by atoms with Crippen LogP contribution in [0.15, 0.2) is 48.5 Å². The number of aryl methyl sites for hydroxylation is 1. The fraction of sp³-hybridized carbons (Fsp3) is 0.176. The molecule has 0 aliphatic carbocycles. The molecule has 25 heavy (non-hydrogen) atoms. The van der Waals surface area contributed by atoms with Gasteiger partial charge in [-0.15, -0.1) is 0 Å². The predicted molar refractivity (Wildman–Crippen MR) is 90.0 cm³/mol. The van der Waals surface area contributed by atoms with Crippen LogP contribution < -0.4 is 15.6 Å². The molecule has 2 aromatic rings. The number of hydrogen-bond donors (Lipinski definition) is 2. The molecule has 0 saturated heterocycles. The fourth-order valence-corrected chi connectivity index (χ4v) is 2.13. The maximum Gasteiger partial charge on any atom is 0.282 e. The molecule has 0 bridgehead atoms. The molecule has 0 atom stereocenters. The Bertz CT molecular complexity index is 791. The molecule has 2 rings (SSSR count). The number of nitrogens with zero attached hydrogens (tertiary/aromatic N) is 1. The zero-order valence-corrected chi connectivity index (χ0v) is 13.5. The predicted octanol–water partition coefficient (Wildman–Crippen LogP) is 2.00. The summed E-state index contributed by atoms with van der Waals surface area (Å²) < 4.78 is 5.42. The lowest BCUT2D eigenvalue weighted by molar-refractivity contribution is -0.385. The Labute approximate surface area is 143 Å². The molecule has 2 aromatic carbocycles. The van der Waals surface area contributed by atoms with E-state index in [1.807, 2.05) is 19.1 Å². The molecule has 0 heterocycles. The molecule has 8 heteroatoms. The van der Waals surface area contributed by atoms with Crippen molar-refractivity contribution in [2.75, 3.05) is 6.61 Å². The van der Waals surface area contributed by atoms with Gasteiger partial charge in [0.15, 0.2) is 6.61 Å². The Balaban J connectivity index is 1.90. The number of hydrazine groups is 1. The summed E-state index contributed by atoms with van der Waals surface area (Å²) in [5.41, 5.74) is 4.77. The van der Waals surface area contributed by atoms with Gasteiger partial charge in [0.25, 0.3) is 17.5 Å². The quantitative estimate of drug-likeness (QED) is 0.615. The third-order valence-corrected chi connectivity index (χ3v) is 3.37. The van der Waals surface area contributed by atoms with E-state index in [9.17, 15) is 19.7 Å². The van der Waals surface area contributed by atoms with Crippen molar-refractivity contribution in [1.82, 2.24) is 10.9 Å². The van der Waals surface area contributed by atoms with Gasteiger partial charge in [-0.3, -0.25) is 30.6 Å². The van der Waals surface area contributed by atoms with Gasteiger partial charge in [0.2, 0.25) is 0 Å². The minimum Gasteiger partial charge on any atom is -0.483 e. The second-order valence-electron chi connectivity index (χ2n) is 5.03. The summed E-state index contributed by atoms with van der Waals surface area (Å²) in [4.78, 5) is 34.0. The van der Waals surface area contributed by atoms with Crippen molar-refractivity contribution in [3.8, 4) is 5.75 Å². The van der Waals surface area contributed by atoms with Crippen LogP contribution in [-0.2, 0) is 11.2 Å². The smallest absolute Gasteiger partial charge is 0.282 e. The van der Waals surface area contributed by atoms with Crippen molar-refractivity contribution in [3.63, 3.8) is 0 Å². The average molecular weight is 343 g/mol. The molecule has 0 aromatic heterocycles. The molecule has 2 amide bonds. The van der Waals surface area contributed by atoms with E-state index in [1.54, 1.807) is 12.1 Å². The molecule has 8 nitrogen and oxygen atoms in total. The second-order valence-corrected chi connectivity index (χ2v) is 5.03. The number of nitro groups is 1.